The van der Waals surface area contributed by atoms with E-state index < -0.39 is 0 Å². The molecule has 7 nitrogen and oxygen atoms in total. The predicted molar refractivity (Wildman–Crippen MR) is 105 cm³/mol. The second-order valence-electron chi connectivity index (χ2n) is 5.86. The van der Waals surface area contributed by atoms with Crippen LogP contribution >= 0.6 is 0 Å². The molecule has 0 fully saturated rings. The lowest BCUT2D eigenvalue weighted by molar-refractivity contribution is 0.0526. The highest BCUT2D eigenvalue weighted by molar-refractivity contribution is 5.92. The van der Waals surface area contributed by atoms with Crippen molar-refractivity contribution in [3.05, 3.63) is 83.7 Å². The summed E-state index contributed by atoms with van der Waals surface area (Å²) in [7, 11) is 0. The number of nitrogens with one attached hydrogen (secondary N) is 2. The van der Waals surface area contributed by atoms with Gasteiger partial charge in [-0.2, -0.15) is 0 Å². The van der Waals surface area contributed by atoms with E-state index in [1.54, 1.807) is 37.3 Å². The number of nitrogens with zero attached hydrogens (tertiary/aromatic N) is 2. The first-order chi connectivity index (χ1) is 13.7. The number of amides is 1. The van der Waals surface area contributed by atoms with E-state index in [4.69, 9.17) is 4.74 Å². The number of aromatic nitrogens is 2. The van der Waals surface area contributed by atoms with Crippen molar-refractivity contribution in [2.75, 3.05) is 11.9 Å². The first kappa shape index (κ1) is 19.0. The molecule has 3 rings (SSSR count). The zero-order valence-corrected chi connectivity index (χ0v) is 15.4. The minimum absolute atomic E-state index is 0.261. The molecule has 28 heavy (non-hydrogen) atoms. The van der Waals surface area contributed by atoms with Crippen molar-refractivity contribution in [2.45, 2.75) is 13.5 Å². The summed E-state index contributed by atoms with van der Waals surface area (Å²) >= 11 is 0. The molecule has 1 aromatic heterocycles. The van der Waals surface area contributed by atoms with Crippen molar-refractivity contribution in [3.63, 3.8) is 0 Å². The minimum Gasteiger partial charge on any atom is -0.462 e. The van der Waals surface area contributed by atoms with Gasteiger partial charge in [0.2, 0.25) is 5.95 Å². The Hall–Kier alpha value is -3.74. The molecule has 142 valence electrons. The summed E-state index contributed by atoms with van der Waals surface area (Å²) in [5.74, 6) is -0.370. The van der Waals surface area contributed by atoms with Gasteiger partial charge in [-0.15, -0.1) is 0 Å². The molecule has 2 N–H and O–H groups in total. The first-order valence-electron chi connectivity index (χ1n) is 8.85. The number of benzene rings is 2. The van der Waals surface area contributed by atoms with Crippen LogP contribution in [-0.4, -0.2) is 28.5 Å². The van der Waals surface area contributed by atoms with Gasteiger partial charge >= 0.3 is 5.97 Å². The van der Waals surface area contributed by atoms with Gasteiger partial charge in [-0.05, 0) is 42.8 Å². The van der Waals surface area contributed by atoms with Gasteiger partial charge in [0.1, 0.15) is 5.69 Å². The summed E-state index contributed by atoms with van der Waals surface area (Å²) in [5.41, 5.74) is 2.42. The quantitative estimate of drug-likeness (QED) is 0.615. The number of hydrogen-bond acceptors (Lipinski definition) is 6. The maximum atomic E-state index is 12.3. The molecule has 0 radical (unpaired) electrons. The molecule has 2 aromatic carbocycles. The van der Waals surface area contributed by atoms with Crippen molar-refractivity contribution in [1.29, 1.82) is 0 Å². The van der Waals surface area contributed by atoms with Crippen LogP contribution in [0.15, 0.2) is 66.9 Å². The Balaban J connectivity index is 1.62. The number of anilines is 2. The van der Waals surface area contributed by atoms with Crippen LogP contribution in [0.1, 0.15) is 33.3 Å². The molecule has 0 aliphatic carbocycles. The zero-order chi connectivity index (χ0) is 19.8. The van der Waals surface area contributed by atoms with Gasteiger partial charge < -0.3 is 15.4 Å². The van der Waals surface area contributed by atoms with Gasteiger partial charge in [0.05, 0.1) is 12.2 Å². The number of esters is 1. The maximum Gasteiger partial charge on any atom is 0.338 e. The monoisotopic (exact) mass is 376 g/mol. The average Bonchev–Trinajstić information content (AvgIpc) is 2.73. The summed E-state index contributed by atoms with van der Waals surface area (Å²) in [6.07, 6.45) is 1.51. The molecule has 0 unspecified atom stereocenters. The Morgan fingerprint density at radius 3 is 2.46 bits per heavy atom. The van der Waals surface area contributed by atoms with Crippen LogP contribution < -0.4 is 10.6 Å². The molecule has 0 aliphatic rings. The maximum absolute atomic E-state index is 12.3. The minimum atomic E-state index is -0.373. The summed E-state index contributed by atoms with van der Waals surface area (Å²) in [5, 5.41) is 5.85. The van der Waals surface area contributed by atoms with E-state index in [0.717, 1.165) is 5.56 Å². The van der Waals surface area contributed by atoms with Crippen molar-refractivity contribution < 1.29 is 14.3 Å². The Kier molecular flexibility index (Phi) is 6.30. The third kappa shape index (κ3) is 5.14. The molecular formula is C21H20N4O3. The van der Waals surface area contributed by atoms with Crippen LogP contribution in [0.25, 0.3) is 0 Å². The van der Waals surface area contributed by atoms with E-state index >= 15 is 0 Å². The largest absolute Gasteiger partial charge is 0.462 e. The highest BCUT2D eigenvalue weighted by Crippen LogP contribution is 2.15. The lowest BCUT2D eigenvalue weighted by Gasteiger charge is -2.08. The van der Waals surface area contributed by atoms with E-state index in [0.29, 0.717) is 24.4 Å². The standard InChI is InChI=1S/C21H20N4O3/c1-2-28-20(27)16-8-10-17(11-9-16)24-21-22-13-12-18(25-21)19(26)23-14-15-6-4-3-5-7-15/h3-13H,2,14H2,1H3,(H,23,26)(H,22,24,25). The van der Waals surface area contributed by atoms with Crippen molar-refractivity contribution >= 4 is 23.5 Å². The van der Waals surface area contributed by atoms with Crippen LogP contribution in [-0.2, 0) is 11.3 Å². The second kappa shape index (κ2) is 9.27. The van der Waals surface area contributed by atoms with Gasteiger partial charge in [-0.3, -0.25) is 4.79 Å². The lowest BCUT2D eigenvalue weighted by atomic mass is 10.2. The molecule has 3 aromatic rings. The third-order valence-electron chi connectivity index (χ3n) is 3.84. The Bertz CT molecular complexity index is 943. The highest BCUT2D eigenvalue weighted by atomic mass is 16.5. The number of carbonyl (C=O) groups excluding carboxylic acids is 2. The fraction of sp³-hybridized carbons (Fsp3) is 0.143. The lowest BCUT2D eigenvalue weighted by Crippen LogP contribution is -2.24. The highest BCUT2D eigenvalue weighted by Gasteiger charge is 2.10. The van der Waals surface area contributed by atoms with Gasteiger partial charge in [-0.1, -0.05) is 30.3 Å². The second-order valence-corrected chi connectivity index (χ2v) is 5.86. The fourth-order valence-electron chi connectivity index (χ4n) is 2.45. The van der Waals surface area contributed by atoms with Crippen LogP contribution in [0.2, 0.25) is 0 Å². The molecule has 0 aliphatic heterocycles. The van der Waals surface area contributed by atoms with Gasteiger partial charge in [0.25, 0.3) is 5.91 Å². The van der Waals surface area contributed by atoms with Crippen LogP contribution in [0.4, 0.5) is 11.6 Å². The van der Waals surface area contributed by atoms with E-state index in [9.17, 15) is 9.59 Å². The van der Waals surface area contributed by atoms with E-state index in [2.05, 4.69) is 20.6 Å². The Morgan fingerprint density at radius 1 is 1.00 bits per heavy atom. The summed E-state index contributed by atoms with van der Waals surface area (Å²) in [4.78, 5) is 32.4. The Morgan fingerprint density at radius 2 is 1.75 bits per heavy atom. The summed E-state index contributed by atoms with van der Waals surface area (Å²) < 4.78 is 4.95. The molecular weight excluding hydrogens is 356 g/mol. The normalized spacial score (nSPS) is 10.2. The molecule has 0 saturated heterocycles. The molecule has 1 amide bonds. The molecule has 0 atom stereocenters. The summed E-state index contributed by atoms with van der Waals surface area (Å²) in [6, 6.07) is 17.9. The van der Waals surface area contributed by atoms with Crippen molar-refractivity contribution in [1.82, 2.24) is 15.3 Å². The fourth-order valence-corrected chi connectivity index (χ4v) is 2.45. The van der Waals surface area contributed by atoms with Crippen LogP contribution in [0.5, 0.6) is 0 Å². The number of hydrogen-bond donors (Lipinski definition) is 2. The van der Waals surface area contributed by atoms with Crippen LogP contribution in [0, 0.1) is 0 Å². The average molecular weight is 376 g/mol. The first-order valence-corrected chi connectivity index (χ1v) is 8.85. The van der Waals surface area contributed by atoms with Crippen molar-refractivity contribution in [2.24, 2.45) is 0 Å². The van der Waals surface area contributed by atoms with Gasteiger partial charge in [0, 0.05) is 18.4 Å². The molecule has 0 spiro atoms. The van der Waals surface area contributed by atoms with E-state index in [1.165, 1.54) is 6.20 Å². The third-order valence-corrected chi connectivity index (χ3v) is 3.84. The molecule has 1 heterocycles. The van der Waals surface area contributed by atoms with E-state index in [1.807, 2.05) is 30.3 Å². The topological polar surface area (TPSA) is 93.2 Å². The molecule has 7 heteroatoms. The van der Waals surface area contributed by atoms with Crippen LogP contribution in [0.3, 0.4) is 0 Å². The van der Waals surface area contributed by atoms with E-state index in [-0.39, 0.29) is 23.5 Å². The molecule has 0 bridgehead atoms. The number of rotatable bonds is 7. The Labute approximate surface area is 162 Å². The summed E-state index contributed by atoms with van der Waals surface area (Å²) in [6.45, 7) is 2.50. The predicted octanol–water partition coefficient (Wildman–Crippen LogP) is 3.33. The number of carbonyl (C=O) groups is 2. The zero-order valence-electron chi connectivity index (χ0n) is 15.4. The van der Waals surface area contributed by atoms with Gasteiger partial charge in [0.15, 0.2) is 0 Å². The SMILES string of the molecule is CCOC(=O)c1ccc(Nc2nccc(C(=O)NCc3ccccc3)n2)cc1. The molecule has 0 saturated carbocycles. The number of ether oxygens (including phenoxy) is 1. The van der Waals surface area contributed by atoms with Gasteiger partial charge in [-0.25, -0.2) is 14.8 Å². The smallest absolute Gasteiger partial charge is 0.338 e. The van der Waals surface area contributed by atoms with Crippen molar-refractivity contribution in [3.8, 4) is 0 Å².